The molecule has 2 aromatic rings. The maximum absolute atomic E-state index is 12.8. The van der Waals surface area contributed by atoms with E-state index in [9.17, 15) is 4.79 Å². The molecule has 1 saturated carbocycles. The molecule has 136 valence electrons. The first-order valence-electron chi connectivity index (χ1n) is 9.10. The molecule has 2 heterocycles. The number of hydrogen-bond acceptors (Lipinski definition) is 5. The van der Waals surface area contributed by atoms with E-state index in [-0.39, 0.29) is 24.0 Å². The van der Waals surface area contributed by atoms with E-state index in [4.69, 9.17) is 10.7 Å². The predicted molar refractivity (Wildman–Crippen MR) is 99.0 cm³/mol. The fourth-order valence-electron chi connectivity index (χ4n) is 3.84. The van der Waals surface area contributed by atoms with Crippen molar-refractivity contribution in [3.8, 4) is 6.07 Å². The Morgan fingerprint density at radius 2 is 2.04 bits per heavy atom. The largest absolute Gasteiger partial charge is 0.335 e. The van der Waals surface area contributed by atoms with Gasteiger partial charge in [0.15, 0.2) is 0 Å². The number of aromatic nitrogens is 2. The lowest BCUT2D eigenvalue weighted by atomic mass is 9.78. The Labute approximate surface area is 157 Å². The molecule has 1 aliphatic heterocycles. The molecule has 7 nitrogen and oxygen atoms in total. The molecule has 7 heteroatoms. The second-order valence-electron chi connectivity index (χ2n) is 7.04. The van der Waals surface area contributed by atoms with Gasteiger partial charge in [-0.15, -0.1) is 0 Å². The molecule has 2 N–H and O–H groups in total. The molecule has 1 aromatic heterocycles. The third-order valence-corrected chi connectivity index (χ3v) is 5.35. The molecule has 1 aliphatic carbocycles. The SMILES string of the molecule is N#Cc1cc(C2CC(NC(=O)N3C(=N)CCC3c3ccccc3)C2)ncn1. The van der Waals surface area contributed by atoms with Gasteiger partial charge in [-0.1, -0.05) is 30.3 Å². The van der Waals surface area contributed by atoms with E-state index >= 15 is 0 Å². The molecule has 27 heavy (non-hydrogen) atoms. The number of amidine groups is 1. The Balaban J connectivity index is 1.38. The first-order chi connectivity index (χ1) is 13.2. The molecule has 0 bridgehead atoms. The standard InChI is InChI=1S/C20H20N6O/c21-11-16-10-17(24-12-23-16)14-8-15(9-14)25-20(27)26-18(6-7-19(26)22)13-4-2-1-3-5-13/h1-5,10,12,14-15,18,22H,6-9H2,(H,25,27). The number of nitriles is 1. The van der Waals surface area contributed by atoms with Gasteiger partial charge in [0.05, 0.1) is 6.04 Å². The van der Waals surface area contributed by atoms with Gasteiger partial charge in [0.1, 0.15) is 23.9 Å². The van der Waals surface area contributed by atoms with Crippen LogP contribution in [0.15, 0.2) is 42.7 Å². The summed E-state index contributed by atoms with van der Waals surface area (Å²) in [5.41, 5.74) is 2.28. The highest BCUT2D eigenvalue weighted by Gasteiger charge is 2.38. The van der Waals surface area contributed by atoms with Gasteiger partial charge >= 0.3 is 6.03 Å². The molecule has 1 unspecified atom stereocenters. The second-order valence-corrected chi connectivity index (χ2v) is 7.04. The van der Waals surface area contributed by atoms with Gasteiger partial charge in [-0.3, -0.25) is 10.3 Å². The minimum atomic E-state index is -0.199. The van der Waals surface area contributed by atoms with E-state index in [1.165, 1.54) is 6.33 Å². The number of carbonyl (C=O) groups is 1. The highest BCUT2D eigenvalue weighted by molar-refractivity contribution is 5.98. The molecule has 1 saturated heterocycles. The average Bonchev–Trinajstić information content (AvgIpc) is 3.06. The quantitative estimate of drug-likeness (QED) is 0.877. The summed E-state index contributed by atoms with van der Waals surface area (Å²) in [6.45, 7) is 0. The van der Waals surface area contributed by atoms with Gasteiger partial charge in [-0.05, 0) is 30.9 Å². The maximum Gasteiger partial charge on any atom is 0.323 e. The van der Waals surface area contributed by atoms with Crippen molar-refractivity contribution in [1.82, 2.24) is 20.2 Å². The van der Waals surface area contributed by atoms with Crippen LogP contribution in [0.3, 0.4) is 0 Å². The van der Waals surface area contributed by atoms with Gasteiger partial charge in [-0.25, -0.2) is 14.8 Å². The summed E-state index contributed by atoms with van der Waals surface area (Å²) in [7, 11) is 0. The number of nitrogens with zero attached hydrogens (tertiary/aromatic N) is 4. The van der Waals surface area contributed by atoms with Crippen molar-refractivity contribution in [3.05, 3.63) is 59.7 Å². The van der Waals surface area contributed by atoms with Crippen molar-refractivity contribution in [3.63, 3.8) is 0 Å². The molecule has 1 aromatic carbocycles. The fourth-order valence-corrected chi connectivity index (χ4v) is 3.84. The zero-order valence-corrected chi connectivity index (χ0v) is 14.8. The molecule has 0 spiro atoms. The Bertz CT molecular complexity index is 900. The Morgan fingerprint density at radius 3 is 2.78 bits per heavy atom. The van der Waals surface area contributed by atoms with Crippen molar-refractivity contribution in [2.75, 3.05) is 0 Å². The number of rotatable bonds is 3. The molecular formula is C20H20N6O. The third-order valence-electron chi connectivity index (χ3n) is 5.35. The number of nitrogens with one attached hydrogen (secondary N) is 2. The Kier molecular flexibility index (Phi) is 4.55. The van der Waals surface area contributed by atoms with Crippen LogP contribution in [0.25, 0.3) is 0 Å². The molecule has 1 atom stereocenters. The lowest BCUT2D eigenvalue weighted by molar-refractivity contribution is 0.195. The summed E-state index contributed by atoms with van der Waals surface area (Å²) >= 11 is 0. The van der Waals surface area contributed by atoms with Crippen molar-refractivity contribution in [2.45, 2.75) is 43.7 Å². The van der Waals surface area contributed by atoms with Crippen molar-refractivity contribution < 1.29 is 4.79 Å². The zero-order valence-electron chi connectivity index (χ0n) is 14.8. The molecule has 4 rings (SSSR count). The Hall–Kier alpha value is -3.27. The van der Waals surface area contributed by atoms with E-state index in [0.717, 1.165) is 30.5 Å². The number of carbonyl (C=O) groups excluding carboxylic acids is 1. The summed E-state index contributed by atoms with van der Waals surface area (Å²) in [5, 5.41) is 20.2. The van der Waals surface area contributed by atoms with E-state index in [2.05, 4.69) is 15.3 Å². The molecule has 2 amide bonds. The number of urea groups is 1. The maximum atomic E-state index is 12.8. The van der Waals surface area contributed by atoms with Crippen LogP contribution in [0.5, 0.6) is 0 Å². The smallest absolute Gasteiger partial charge is 0.323 e. The Morgan fingerprint density at radius 1 is 1.26 bits per heavy atom. The second kappa shape index (κ2) is 7.16. The van der Waals surface area contributed by atoms with Crippen LogP contribution in [0.4, 0.5) is 4.79 Å². The first-order valence-corrected chi connectivity index (χ1v) is 9.10. The first kappa shape index (κ1) is 17.2. The molecule has 2 fully saturated rings. The van der Waals surface area contributed by atoms with Gasteiger partial charge in [0, 0.05) is 24.1 Å². The zero-order chi connectivity index (χ0) is 18.8. The molecule has 2 aliphatic rings. The average molecular weight is 360 g/mol. The highest BCUT2D eigenvalue weighted by atomic mass is 16.2. The van der Waals surface area contributed by atoms with Crippen LogP contribution in [0.2, 0.25) is 0 Å². The molecule has 0 radical (unpaired) electrons. The van der Waals surface area contributed by atoms with Crippen LogP contribution in [0.1, 0.15) is 54.6 Å². The fraction of sp³-hybridized carbons (Fsp3) is 0.350. The van der Waals surface area contributed by atoms with Gasteiger partial charge in [0.2, 0.25) is 0 Å². The number of amides is 2. The van der Waals surface area contributed by atoms with Gasteiger partial charge < -0.3 is 5.32 Å². The van der Waals surface area contributed by atoms with E-state index in [1.807, 2.05) is 36.4 Å². The predicted octanol–water partition coefficient (Wildman–Crippen LogP) is 3.12. The topological polar surface area (TPSA) is 106 Å². The minimum absolute atomic E-state index is 0.0628. The third kappa shape index (κ3) is 3.38. The summed E-state index contributed by atoms with van der Waals surface area (Å²) in [4.78, 5) is 22.5. The van der Waals surface area contributed by atoms with Crippen LogP contribution < -0.4 is 5.32 Å². The van der Waals surface area contributed by atoms with Crippen molar-refractivity contribution in [1.29, 1.82) is 10.7 Å². The number of likely N-dealkylation sites (tertiary alicyclic amines) is 1. The van der Waals surface area contributed by atoms with Crippen LogP contribution in [-0.4, -0.2) is 32.8 Å². The van der Waals surface area contributed by atoms with E-state index in [0.29, 0.717) is 18.0 Å². The summed E-state index contributed by atoms with van der Waals surface area (Å²) < 4.78 is 0. The normalized spacial score (nSPS) is 24.2. The highest BCUT2D eigenvalue weighted by Crippen LogP contribution is 2.37. The minimum Gasteiger partial charge on any atom is -0.335 e. The lowest BCUT2D eigenvalue weighted by Crippen LogP contribution is -2.50. The summed E-state index contributed by atoms with van der Waals surface area (Å²) in [5.74, 6) is 0.597. The van der Waals surface area contributed by atoms with E-state index < -0.39 is 0 Å². The van der Waals surface area contributed by atoms with Crippen LogP contribution >= 0.6 is 0 Å². The van der Waals surface area contributed by atoms with Crippen molar-refractivity contribution >= 4 is 11.9 Å². The van der Waals surface area contributed by atoms with Crippen LogP contribution in [-0.2, 0) is 0 Å². The van der Waals surface area contributed by atoms with Gasteiger partial charge in [-0.2, -0.15) is 5.26 Å². The van der Waals surface area contributed by atoms with Gasteiger partial charge in [0.25, 0.3) is 0 Å². The van der Waals surface area contributed by atoms with Crippen LogP contribution in [0, 0.1) is 16.7 Å². The lowest BCUT2D eigenvalue weighted by Gasteiger charge is -2.37. The molecular weight excluding hydrogens is 340 g/mol. The number of hydrogen-bond donors (Lipinski definition) is 2. The summed E-state index contributed by atoms with van der Waals surface area (Å²) in [6.07, 6.45) is 4.37. The monoisotopic (exact) mass is 360 g/mol. The number of benzene rings is 1. The van der Waals surface area contributed by atoms with E-state index in [1.54, 1.807) is 11.0 Å². The summed E-state index contributed by atoms with van der Waals surface area (Å²) in [6, 6.07) is 13.4. The van der Waals surface area contributed by atoms with Crippen molar-refractivity contribution in [2.24, 2.45) is 0 Å².